The lowest BCUT2D eigenvalue weighted by Crippen LogP contribution is -2.34. The zero-order valence-electron chi connectivity index (χ0n) is 7.66. The second-order valence-corrected chi connectivity index (χ2v) is 5.26. The van der Waals surface area contributed by atoms with Gasteiger partial charge in [-0.1, -0.05) is 13.8 Å². The Morgan fingerprint density at radius 1 is 1.25 bits per heavy atom. The maximum absolute atomic E-state index is 9.61. The van der Waals surface area contributed by atoms with Gasteiger partial charge in [-0.25, -0.2) is 0 Å². The van der Waals surface area contributed by atoms with Crippen molar-refractivity contribution < 1.29 is 9.84 Å². The molecule has 0 spiro atoms. The maximum Gasteiger partial charge on any atom is 0.158 e. The predicted octanol–water partition coefficient (Wildman–Crippen LogP) is 1.39. The molecule has 0 amide bonds. The first kappa shape index (κ1) is 7.34. The summed E-state index contributed by atoms with van der Waals surface area (Å²) >= 11 is 0. The van der Waals surface area contributed by atoms with Crippen LogP contribution in [0.3, 0.4) is 0 Å². The van der Waals surface area contributed by atoms with E-state index in [0.29, 0.717) is 23.4 Å². The fourth-order valence-electron chi connectivity index (χ4n) is 3.70. The Balaban J connectivity index is 2.02. The highest BCUT2D eigenvalue weighted by Gasteiger charge is 2.63. The van der Waals surface area contributed by atoms with Crippen molar-refractivity contribution in [3.8, 4) is 0 Å². The van der Waals surface area contributed by atoms with Crippen LogP contribution in [0.1, 0.15) is 26.7 Å². The Morgan fingerprint density at radius 2 is 1.92 bits per heavy atom. The molecule has 0 aromatic heterocycles. The summed E-state index contributed by atoms with van der Waals surface area (Å²) in [6, 6.07) is 0. The van der Waals surface area contributed by atoms with E-state index in [9.17, 15) is 5.11 Å². The van der Waals surface area contributed by atoms with E-state index in [1.54, 1.807) is 0 Å². The minimum absolute atomic E-state index is 0.318. The predicted molar refractivity (Wildman–Crippen MR) is 44.4 cm³/mol. The molecule has 1 heterocycles. The number of rotatable bonds is 0. The van der Waals surface area contributed by atoms with Crippen LogP contribution in [0.15, 0.2) is 0 Å². The molecule has 2 bridgehead atoms. The van der Waals surface area contributed by atoms with Crippen LogP contribution < -0.4 is 0 Å². The molecule has 3 aliphatic rings. The molecule has 2 heteroatoms. The third-order valence-corrected chi connectivity index (χ3v) is 4.49. The van der Waals surface area contributed by atoms with Crippen molar-refractivity contribution in [2.45, 2.75) is 39.1 Å². The van der Waals surface area contributed by atoms with Crippen molar-refractivity contribution >= 4 is 0 Å². The molecule has 3 unspecified atom stereocenters. The van der Waals surface area contributed by atoms with E-state index in [-0.39, 0.29) is 0 Å². The average Bonchev–Trinajstić information content (AvgIpc) is 2.53. The van der Waals surface area contributed by atoms with Crippen LogP contribution in [0.25, 0.3) is 0 Å². The molecule has 12 heavy (non-hydrogen) atoms. The third kappa shape index (κ3) is 0.612. The summed E-state index contributed by atoms with van der Waals surface area (Å²) in [6.07, 6.45) is 2.37. The molecule has 0 aromatic rings. The summed E-state index contributed by atoms with van der Waals surface area (Å²) in [5, 5.41) is 9.61. The Hall–Kier alpha value is -0.0800. The maximum atomic E-state index is 9.61. The van der Waals surface area contributed by atoms with Gasteiger partial charge in [0, 0.05) is 5.92 Å². The number of aliphatic hydroxyl groups excluding tert-OH is 1. The molecule has 0 aromatic carbocycles. The van der Waals surface area contributed by atoms with Gasteiger partial charge in [-0.05, 0) is 30.1 Å². The van der Waals surface area contributed by atoms with Crippen LogP contribution in [0.4, 0.5) is 0 Å². The van der Waals surface area contributed by atoms with E-state index in [4.69, 9.17) is 4.74 Å². The fraction of sp³-hybridized carbons (Fsp3) is 1.00. The van der Waals surface area contributed by atoms with Crippen molar-refractivity contribution in [2.75, 3.05) is 0 Å². The minimum atomic E-state index is -0.452. The van der Waals surface area contributed by atoms with Crippen LogP contribution in [0, 0.1) is 23.2 Å². The van der Waals surface area contributed by atoms with Gasteiger partial charge in [-0.15, -0.1) is 0 Å². The lowest BCUT2D eigenvalue weighted by atomic mass is 9.72. The SMILES string of the molecule is CC1(C)C2CC3C(C2)[C@@H](O)O[C@H]31. The topological polar surface area (TPSA) is 29.5 Å². The molecule has 1 N–H and O–H groups in total. The largest absolute Gasteiger partial charge is 0.368 e. The van der Waals surface area contributed by atoms with Crippen LogP contribution in [-0.2, 0) is 4.74 Å². The molecule has 2 saturated carbocycles. The van der Waals surface area contributed by atoms with Gasteiger partial charge in [0.25, 0.3) is 0 Å². The summed E-state index contributed by atoms with van der Waals surface area (Å²) < 4.78 is 5.61. The highest BCUT2D eigenvalue weighted by molar-refractivity contribution is 5.10. The fourth-order valence-corrected chi connectivity index (χ4v) is 3.70. The van der Waals surface area contributed by atoms with E-state index in [0.717, 1.165) is 5.92 Å². The molecule has 2 nitrogen and oxygen atoms in total. The van der Waals surface area contributed by atoms with E-state index in [2.05, 4.69) is 13.8 Å². The number of hydrogen-bond acceptors (Lipinski definition) is 2. The molecule has 2 aliphatic carbocycles. The Kier molecular flexibility index (Phi) is 1.15. The standard InChI is InChI=1S/C10H16O2/c1-10(2)5-3-6-7(4-5)9(11)12-8(6)10/h5-9,11H,3-4H2,1-2H3/t5?,6?,7?,8-,9+/m1/s1. The Morgan fingerprint density at radius 3 is 2.50 bits per heavy atom. The number of ether oxygens (including phenoxy) is 1. The number of hydrogen-bond donors (Lipinski definition) is 1. The first-order valence-corrected chi connectivity index (χ1v) is 4.94. The summed E-state index contributed by atoms with van der Waals surface area (Å²) in [5.41, 5.74) is 0.318. The van der Waals surface area contributed by atoms with Gasteiger partial charge in [-0.2, -0.15) is 0 Å². The van der Waals surface area contributed by atoms with Crippen molar-refractivity contribution in [3.63, 3.8) is 0 Å². The normalized spacial score (nSPS) is 59.8. The average molecular weight is 168 g/mol. The molecule has 3 fully saturated rings. The first-order valence-electron chi connectivity index (χ1n) is 4.94. The second-order valence-electron chi connectivity index (χ2n) is 5.26. The highest BCUT2D eigenvalue weighted by atomic mass is 16.6. The molecule has 1 saturated heterocycles. The quantitative estimate of drug-likeness (QED) is 0.592. The van der Waals surface area contributed by atoms with Gasteiger partial charge >= 0.3 is 0 Å². The molecular weight excluding hydrogens is 152 g/mol. The zero-order valence-corrected chi connectivity index (χ0v) is 7.66. The minimum Gasteiger partial charge on any atom is -0.368 e. The van der Waals surface area contributed by atoms with Crippen molar-refractivity contribution in [1.82, 2.24) is 0 Å². The number of fused-ring (bicyclic) bond motifs is 1. The van der Waals surface area contributed by atoms with E-state index < -0.39 is 6.29 Å². The molecule has 3 rings (SSSR count). The first-order chi connectivity index (χ1) is 5.60. The highest BCUT2D eigenvalue weighted by Crippen LogP contribution is 2.63. The van der Waals surface area contributed by atoms with E-state index >= 15 is 0 Å². The Bertz CT molecular complexity index is 224. The molecule has 1 aliphatic heterocycles. The van der Waals surface area contributed by atoms with E-state index in [1.165, 1.54) is 12.8 Å². The van der Waals surface area contributed by atoms with Crippen molar-refractivity contribution in [3.05, 3.63) is 0 Å². The lowest BCUT2D eigenvalue weighted by Gasteiger charge is -2.33. The summed E-state index contributed by atoms with van der Waals surface area (Å²) in [5.74, 6) is 1.93. The molecular formula is C10H16O2. The molecule has 68 valence electrons. The van der Waals surface area contributed by atoms with Crippen molar-refractivity contribution in [2.24, 2.45) is 23.2 Å². The smallest absolute Gasteiger partial charge is 0.158 e. The monoisotopic (exact) mass is 168 g/mol. The van der Waals surface area contributed by atoms with Gasteiger partial charge in [0.1, 0.15) is 0 Å². The third-order valence-electron chi connectivity index (χ3n) is 4.49. The lowest BCUT2D eigenvalue weighted by molar-refractivity contribution is -0.121. The van der Waals surface area contributed by atoms with Crippen LogP contribution in [-0.4, -0.2) is 17.5 Å². The second kappa shape index (κ2) is 1.88. The molecule has 0 radical (unpaired) electrons. The van der Waals surface area contributed by atoms with Gasteiger partial charge < -0.3 is 9.84 Å². The van der Waals surface area contributed by atoms with Crippen LogP contribution in [0.5, 0.6) is 0 Å². The summed E-state index contributed by atoms with van der Waals surface area (Å²) in [7, 11) is 0. The zero-order chi connectivity index (χ0) is 8.51. The summed E-state index contributed by atoms with van der Waals surface area (Å²) in [4.78, 5) is 0. The van der Waals surface area contributed by atoms with Crippen LogP contribution in [0.2, 0.25) is 0 Å². The summed E-state index contributed by atoms with van der Waals surface area (Å²) in [6.45, 7) is 4.58. The molecule has 5 atom stereocenters. The van der Waals surface area contributed by atoms with Gasteiger partial charge in [0.2, 0.25) is 0 Å². The van der Waals surface area contributed by atoms with Gasteiger partial charge in [0.15, 0.2) is 6.29 Å². The van der Waals surface area contributed by atoms with Crippen molar-refractivity contribution in [1.29, 1.82) is 0 Å². The Labute approximate surface area is 72.9 Å². The number of aliphatic hydroxyl groups is 1. The van der Waals surface area contributed by atoms with Gasteiger partial charge in [0.05, 0.1) is 6.10 Å². The van der Waals surface area contributed by atoms with Crippen LogP contribution >= 0.6 is 0 Å². The van der Waals surface area contributed by atoms with E-state index in [1.807, 2.05) is 0 Å². The van der Waals surface area contributed by atoms with Gasteiger partial charge in [-0.3, -0.25) is 0 Å².